The summed E-state index contributed by atoms with van der Waals surface area (Å²) in [4.78, 5) is 6.22. The number of rotatable bonds is 5. The van der Waals surface area contributed by atoms with Gasteiger partial charge in [-0.15, -0.1) is 24.0 Å². The zero-order valence-electron chi connectivity index (χ0n) is 15.4. The van der Waals surface area contributed by atoms with Crippen molar-refractivity contribution < 1.29 is 17.5 Å². The van der Waals surface area contributed by atoms with Crippen molar-refractivity contribution in [2.75, 3.05) is 39.0 Å². The van der Waals surface area contributed by atoms with E-state index in [2.05, 4.69) is 10.3 Å². The Morgan fingerprint density at radius 2 is 2.00 bits per heavy atom. The minimum atomic E-state index is -3.07. The first-order valence-electron chi connectivity index (χ1n) is 8.31. The highest BCUT2D eigenvalue weighted by Crippen LogP contribution is 2.23. The van der Waals surface area contributed by atoms with E-state index in [9.17, 15) is 12.8 Å². The van der Waals surface area contributed by atoms with E-state index in [1.54, 1.807) is 33.0 Å². The molecule has 9 heteroatoms. The topological polar surface area (TPSA) is 71.0 Å². The molecule has 0 spiro atoms. The number of sulfone groups is 1. The van der Waals surface area contributed by atoms with Gasteiger partial charge in [-0.2, -0.15) is 0 Å². The average molecular weight is 499 g/mol. The number of guanidine groups is 1. The summed E-state index contributed by atoms with van der Waals surface area (Å²) < 4.78 is 41.8. The summed E-state index contributed by atoms with van der Waals surface area (Å²) in [7, 11) is -1.38. The number of halogens is 2. The first-order valence-corrected chi connectivity index (χ1v) is 9.97. The molecule has 0 bridgehead atoms. The summed E-state index contributed by atoms with van der Waals surface area (Å²) in [6.45, 7) is 5.50. The van der Waals surface area contributed by atoms with E-state index in [1.807, 2.05) is 4.90 Å². The first-order chi connectivity index (χ1) is 11.7. The molecule has 1 N–H and O–H groups in total. The van der Waals surface area contributed by atoms with Gasteiger partial charge in [-0.1, -0.05) is 0 Å². The Morgan fingerprint density at radius 3 is 2.58 bits per heavy atom. The first kappa shape index (κ1) is 22.9. The second kappa shape index (κ2) is 9.72. The maximum atomic E-state index is 12.8. The smallest absolute Gasteiger partial charge is 0.193 e. The summed E-state index contributed by atoms with van der Waals surface area (Å²) in [6, 6.07) is 5.92. The standard InChI is InChI=1S/C17H26FN3O3S.HI/c1-17(2)13-21(10-12-25(17,22)23)16(19-3)20-9-4-11-24-15-7-5-14(18)6-8-15;/h5-8H,4,9-13H2,1-3H3,(H,19,20);1H. The van der Waals surface area contributed by atoms with Gasteiger partial charge in [-0.25, -0.2) is 12.8 Å². The molecule has 26 heavy (non-hydrogen) atoms. The molecule has 1 heterocycles. The molecule has 1 aromatic rings. The van der Waals surface area contributed by atoms with Gasteiger partial charge < -0.3 is 15.0 Å². The predicted molar refractivity (Wildman–Crippen MR) is 113 cm³/mol. The van der Waals surface area contributed by atoms with Gasteiger partial charge >= 0.3 is 0 Å². The summed E-state index contributed by atoms with van der Waals surface area (Å²) in [5.41, 5.74) is 0. The maximum absolute atomic E-state index is 12.8. The fourth-order valence-corrected chi connectivity index (χ4v) is 4.02. The number of hydrogen-bond acceptors (Lipinski definition) is 4. The molecule has 0 aliphatic carbocycles. The Labute approximate surface area is 172 Å². The number of hydrogen-bond donors (Lipinski definition) is 1. The van der Waals surface area contributed by atoms with Crippen LogP contribution in [0, 0.1) is 5.82 Å². The second-order valence-electron chi connectivity index (χ2n) is 6.63. The quantitative estimate of drug-likeness (QED) is 0.292. The van der Waals surface area contributed by atoms with Crippen LogP contribution >= 0.6 is 24.0 Å². The van der Waals surface area contributed by atoms with Gasteiger partial charge in [-0.05, 0) is 44.5 Å². The molecule has 0 saturated carbocycles. The van der Waals surface area contributed by atoms with Gasteiger partial charge in [0.25, 0.3) is 0 Å². The number of nitrogens with zero attached hydrogens (tertiary/aromatic N) is 2. The Kier molecular flexibility index (Phi) is 8.58. The maximum Gasteiger partial charge on any atom is 0.193 e. The summed E-state index contributed by atoms with van der Waals surface area (Å²) in [6.07, 6.45) is 0.742. The molecule has 2 rings (SSSR count). The Hall–Kier alpha value is -1.10. The van der Waals surface area contributed by atoms with Crippen LogP contribution < -0.4 is 10.1 Å². The third-order valence-electron chi connectivity index (χ3n) is 4.24. The lowest BCUT2D eigenvalue weighted by molar-refractivity contribution is 0.308. The zero-order valence-corrected chi connectivity index (χ0v) is 18.5. The van der Waals surface area contributed by atoms with Crippen LogP contribution in [-0.2, 0) is 9.84 Å². The number of nitrogens with one attached hydrogen (secondary N) is 1. The van der Waals surface area contributed by atoms with Gasteiger partial charge in [0.05, 0.1) is 17.1 Å². The lowest BCUT2D eigenvalue weighted by Crippen LogP contribution is -2.57. The average Bonchev–Trinajstić information content (AvgIpc) is 2.55. The molecular formula is C17H27FIN3O3S. The van der Waals surface area contributed by atoms with Crippen molar-refractivity contribution in [3.63, 3.8) is 0 Å². The van der Waals surface area contributed by atoms with E-state index in [1.165, 1.54) is 12.1 Å². The SMILES string of the molecule is CN=C(NCCCOc1ccc(F)cc1)N1CCS(=O)(=O)C(C)(C)C1.I. The van der Waals surface area contributed by atoms with Crippen LogP contribution in [0.4, 0.5) is 4.39 Å². The van der Waals surface area contributed by atoms with Crippen molar-refractivity contribution >= 4 is 39.8 Å². The largest absolute Gasteiger partial charge is 0.494 e. The molecule has 1 fully saturated rings. The van der Waals surface area contributed by atoms with Crippen LogP contribution in [0.25, 0.3) is 0 Å². The van der Waals surface area contributed by atoms with Gasteiger partial charge in [0.1, 0.15) is 11.6 Å². The van der Waals surface area contributed by atoms with Gasteiger partial charge in [-0.3, -0.25) is 4.99 Å². The molecule has 1 aliphatic rings. The lowest BCUT2D eigenvalue weighted by atomic mass is 10.2. The monoisotopic (exact) mass is 499 g/mol. The fourth-order valence-electron chi connectivity index (χ4n) is 2.65. The molecule has 1 saturated heterocycles. The van der Waals surface area contributed by atoms with Crippen LogP contribution in [-0.4, -0.2) is 63.1 Å². The third-order valence-corrected chi connectivity index (χ3v) is 6.77. The van der Waals surface area contributed by atoms with Crippen molar-refractivity contribution in [2.24, 2.45) is 4.99 Å². The Morgan fingerprint density at radius 1 is 1.35 bits per heavy atom. The predicted octanol–water partition coefficient (Wildman–Crippen LogP) is 2.30. The number of benzene rings is 1. The van der Waals surface area contributed by atoms with Crippen molar-refractivity contribution in [2.45, 2.75) is 25.0 Å². The van der Waals surface area contributed by atoms with E-state index in [0.29, 0.717) is 38.0 Å². The molecule has 0 unspecified atom stereocenters. The van der Waals surface area contributed by atoms with Gasteiger partial charge in [0.2, 0.25) is 0 Å². The molecular weight excluding hydrogens is 472 g/mol. The summed E-state index contributed by atoms with van der Waals surface area (Å²) >= 11 is 0. The van der Waals surface area contributed by atoms with Crippen LogP contribution in [0.15, 0.2) is 29.3 Å². The number of aliphatic imine (C=N–C) groups is 1. The molecule has 1 aliphatic heterocycles. The highest BCUT2D eigenvalue weighted by Gasteiger charge is 2.40. The molecule has 0 atom stereocenters. The normalized spacial score (nSPS) is 18.8. The van der Waals surface area contributed by atoms with Crippen molar-refractivity contribution in [1.82, 2.24) is 10.2 Å². The third kappa shape index (κ3) is 5.97. The molecule has 1 aromatic carbocycles. The molecule has 148 valence electrons. The Bertz CT molecular complexity index is 708. The van der Waals surface area contributed by atoms with Crippen LogP contribution in [0.1, 0.15) is 20.3 Å². The van der Waals surface area contributed by atoms with Crippen LogP contribution in [0.3, 0.4) is 0 Å². The van der Waals surface area contributed by atoms with Crippen molar-refractivity contribution in [3.8, 4) is 5.75 Å². The van der Waals surface area contributed by atoms with Crippen molar-refractivity contribution in [1.29, 1.82) is 0 Å². The zero-order chi connectivity index (χ0) is 18.5. The molecule has 0 radical (unpaired) electrons. The number of ether oxygens (including phenoxy) is 1. The van der Waals surface area contributed by atoms with Crippen molar-refractivity contribution in [3.05, 3.63) is 30.1 Å². The molecule has 0 aromatic heterocycles. The van der Waals surface area contributed by atoms with E-state index < -0.39 is 14.6 Å². The highest BCUT2D eigenvalue weighted by molar-refractivity contribution is 14.0. The fraction of sp³-hybridized carbons (Fsp3) is 0.588. The second-order valence-corrected chi connectivity index (χ2v) is 9.37. The minimum Gasteiger partial charge on any atom is -0.494 e. The van der Waals surface area contributed by atoms with Crippen LogP contribution in [0.5, 0.6) is 5.75 Å². The van der Waals surface area contributed by atoms with Gasteiger partial charge in [0, 0.05) is 26.7 Å². The van der Waals surface area contributed by atoms with E-state index >= 15 is 0 Å². The molecule has 6 nitrogen and oxygen atoms in total. The Balaban J connectivity index is 0.00000338. The summed E-state index contributed by atoms with van der Waals surface area (Å²) in [5, 5.41) is 3.24. The highest BCUT2D eigenvalue weighted by atomic mass is 127. The summed E-state index contributed by atoms with van der Waals surface area (Å²) in [5.74, 6) is 1.18. The van der Waals surface area contributed by atoms with Gasteiger partial charge in [0.15, 0.2) is 15.8 Å². The van der Waals surface area contributed by atoms with Crippen LogP contribution in [0.2, 0.25) is 0 Å². The minimum absolute atomic E-state index is 0. The van der Waals surface area contributed by atoms with E-state index in [-0.39, 0.29) is 35.5 Å². The lowest BCUT2D eigenvalue weighted by Gasteiger charge is -2.39. The van der Waals surface area contributed by atoms with E-state index in [0.717, 1.165) is 6.42 Å². The molecule has 0 amide bonds. The van der Waals surface area contributed by atoms with E-state index in [4.69, 9.17) is 4.74 Å².